The van der Waals surface area contributed by atoms with E-state index in [2.05, 4.69) is 48.5 Å². The molecule has 1 aromatic rings. The maximum absolute atomic E-state index is 12.9. The summed E-state index contributed by atoms with van der Waals surface area (Å²) in [5.74, 6) is 1.65. The molecule has 0 saturated heterocycles. The summed E-state index contributed by atoms with van der Waals surface area (Å²) in [6.07, 6.45) is 8.33. The van der Waals surface area contributed by atoms with Crippen molar-refractivity contribution in [1.29, 1.82) is 0 Å². The van der Waals surface area contributed by atoms with Crippen molar-refractivity contribution >= 4 is 17.7 Å². The zero-order valence-corrected chi connectivity index (χ0v) is 21.4. The monoisotopic (exact) mass is 436 g/mol. The number of esters is 1. The average Bonchev–Trinajstić information content (AvgIpc) is 2.63. The van der Waals surface area contributed by atoms with Crippen molar-refractivity contribution in [2.45, 2.75) is 116 Å². The molecule has 1 atom stereocenters. The molecule has 1 N–H and O–H groups in total. The molecule has 0 aliphatic rings. The number of rotatable bonds is 11. The summed E-state index contributed by atoms with van der Waals surface area (Å²) in [4.78, 5) is 12.9. The molecule has 0 aromatic heterocycles. The zero-order valence-electron chi connectivity index (χ0n) is 20.6. The molecule has 1 rings (SSSR count). The molecule has 0 heterocycles. The molecule has 0 aliphatic heterocycles. The third kappa shape index (κ3) is 8.53. The minimum Gasteiger partial charge on any atom is -0.507 e. The first kappa shape index (κ1) is 26.9. The Morgan fingerprint density at radius 1 is 0.933 bits per heavy atom. The van der Waals surface area contributed by atoms with E-state index in [0.717, 1.165) is 29.7 Å². The molecule has 3 nitrogen and oxygen atoms in total. The Bertz CT molecular complexity index is 633. The van der Waals surface area contributed by atoms with Crippen LogP contribution >= 0.6 is 11.8 Å². The molecule has 1 aromatic carbocycles. The van der Waals surface area contributed by atoms with Crippen molar-refractivity contribution in [1.82, 2.24) is 0 Å². The van der Waals surface area contributed by atoms with Crippen LogP contribution in [0.5, 0.6) is 11.5 Å². The third-order valence-electron chi connectivity index (χ3n) is 5.37. The summed E-state index contributed by atoms with van der Waals surface area (Å²) in [7, 11) is 0. The second-order valence-corrected chi connectivity index (χ2v) is 11.6. The van der Waals surface area contributed by atoms with Crippen molar-refractivity contribution in [2.24, 2.45) is 0 Å². The topological polar surface area (TPSA) is 46.5 Å². The third-order valence-corrected chi connectivity index (χ3v) is 6.82. The molecular weight excluding hydrogens is 392 g/mol. The fourth-order valence-corrected chi connectivity index (χ4v) is 4.53. The second kappa shape index (κ2) is 12.0. The number of benzene rings is 1. The molecule has 30 heavy (non-hydrogen) atoms. The summed E-state index contributed by atoms with van der Waals surface area (Å²) in [5, 5.41) is 10.7. The highest BCUT2D eigenvalue weighted by atomic mass is 32.2. The second-order valence-electron chi connectivity index (χ2n) is 10.3. The van der Waals surface area contributed by atoms with E-state index in [1.165, 1.54) is 32.1 Å². The number of carbonyl (C=O) groups excluding carboxylic acids is 1. The maximum atomic E-state index is 12.9. The van der Waals surface area contributed by atoms with Gasteiger partial charge in [-0.1, -0.05) is 87.5 Å². The fraction of sp³-hybridized carbons (Fsp3) is 0.731. The first-order valence-electron chi connectivity index (χ1n) is 11.6. The van der Waals surface area contributed by atoms with Crippen LogP contribution < -0.4 is 4.74 Å². The van der Waals surface area contributed by atoms with Gasteiger partial charge in [0, 0.05) is 11.1 Å². The molecule has 0 radical (unpaired) electrons. The predicted octanol–water partition coefficient (Wildman–Crippen LogP) is 7.76. The number of unbranched alkanes of at least 4 members (excludes halogenated alkanes) is 5. The highest BCUT2D eigenvalue weighted by Crippen LogP contribution is 2.41. The van der Waals surface area contributed by atoms with Gasteiger partial charge in [0.2, 0.25) is 0 Å². The standard InChI is InChI=1S/C26H44O3S/c1-9-11-12-13-14-15-16-30-22(10-2)24(28)29-19-17-20(25(3,4)5)23(27)21(18-19)26(6,7)8/h17-18,22,27H,9-16H2,1-8H3. The maximum Gasteiger partial charge on any atom is 0.324 e. The molecule has 0 amide bonds. The summed E-state index contributed by atoms with van der Waals surface area (Å²) in [6, 6.07) is 3.65. The van der Waals surface area contributed by atoms with Gasteiger partial charge in [-0.25, -0.2) is 0 Å². The number of phenols is 1. The molecule has 1 unspecified atom stereocenters. The summed E-state index contributed by atoms with van der Waals surface area (Å²) in [6.45, 7) is 16.6. The lowest BCUT2D eigenvalue weighted by atomic mass is 9.79. The number of aromatic hydroxyl groups is 1. The molecular formula is C26H44O3S. The Morgan fingerprint density at radius 2 is 1.43 bits per heavy atom. The lowest BCUT2D eigenvalue weighted by Crippen LogP contribution is -2.24. The summed E-state index contributed by atoms with van der Waals surface area (Å²) >= 11 is 1.71. The number of hydrogen-bond donors (Lipinski definition) is 1. The normalized spacial score (nSPS) is 13.3. The lowest BCUT2D eigenvalue weighted by molar-refractivity contribution is -0.133. The van der Waals surface area contributed by atoms with E-state index in [1.54, 1.807) is 11.8 Å². The highest BCUT2D eigenvalue weighted by Gasteiger charge is 2.28. The predicted molar refractivity (Wildman–Crippen MR) is 131 cm³/mol. The Hall–Kier alpha value is -1.16. The van der Waals surface area contributed by atoms with Crippen LogP contribution in [0.1, 0.15) is 111 Å². The number of carbonyl (C=O) groups is 1. The minimum absolute atomic E-state index is 0.148. The van der Waals surface area contributed by atoms with E-state index in [0.29, 0.717) is 11.5 Å². The van der Waals surface area contributed by atoms with E-state index in [-0.39, 0.29) is 22.0 Å². The van der Waals surface area contributed by atoms with Crippen molar-refractivity contribution in [3.05, 3.63) is 23.3 Å². The molecule has 0 aliphatic carbocycles. The number of hydrogen-bond acceptors (Lipinski definition) is 4. The van der Waals surface area contributed by atoms with E-state index >= 15 is 0 Å². The molecule has 0 bridgehead atoms. The summed E-state index contributed by atoms with van der Waals surface area (Å²) in [5.41, 5.74) is 1.13. The van der Waals surface area contributed by atoms with Gasteiger partial charge in [-0.05, 0) is 41.6 Å². The van der Waals surface area contributed by atoms with E-state index in [1.807, 2.05) is 19.1 Å². The van der Waals surface area contributed by atoms with Gasteiger partial charge in [0.05, 0.1) is 0 Å². The van der Waals surface area contributed by atoms with Gasteiger partial charge in [-0.15, -0.1) is 11.8 Å². The Kier molecular flexibility index (Phi) is 10.8. The smallest absolute Gasteiger partial charge is 0.324 e. The van der Waals surface area contributed by atoms with Crippen LogP contribution in [-0.4, -0.2) is 22.1 Å². The molecule has 0 fully saturated rings. The lowest BCUT2D eigenvalue weighted by Gasteiger charge is -2.28. The van der Waals surface area contributed by atoms with Crippen LogP contribution in [0.4, 0.5) is 0 Å². The van der Waals surface area contributed by atoms with Gasteiger partial charge in [0.25, 0.3) is 0 Å². The number of thioether (sulfide) groups is 1. The Balaban J connectivity index is 2.85. The van der Waals surface area contributed by atoms with Crippen LogP contribution in [0, 0.1) is 0 Å². The van der Waals surface area contributed by atoms with Crippen molar-refractivity contribution in [3.63, 3.8) is 0 Å². The molecule has 4 heteroatoms. The van der Waals surface area contributed by atoms with Crippen LogP contribution in [0.25, 0.3) is 0 Å². The van der Waals surface area contributed by atoms with Gasteiger partial charge >= 0.3 is 5.97 Å². The molecule has 172 valence electrons. The van der Waals surface area contributed by atoms with E-state index < -0.39 is 0 Å². The highest BCUT2D eigenvalue weighted by molar-refractivity contribution is 8.00. The van der Waals surface area contributed by atoms with Crippen LogP contribution in [-0.2, 0) is 15.6 Å². The Morgan fingerprint density at radius 3 is 1.90 bits per heavy atom. The first-order chi connectivity index (χ1) is 13.9. The fourth-order valence-electron chi connectivity index (χ4n) is 3.45. The van der Waals surface area contributed by atoms with Gasteiger partial charge < -0.3 is 9.84 Å². The first-order valence-corrected chi connectivity index (χ1v) is 12.7. The average molecular weight is 437 g/mol. The van der Waals surface area contributed by atoms with E-state index in [4.69, 9.17) is 4.74 Å². The van der Waals surface area contributed by atoms with Gasteiger partial charge in [0.15, 0.2) is 0 Å². The minimum atomic E-state index is -0.247. The zero-order chi connectivity index (χ0) is 22.9. The van der Waals surface area contributed by atoms with Gasteiger partial charge in [-0.2, -0.15) is 0 Å². The van der Waals surface area contributed by atoms with E-state index in [9.17, 15) is 9.90 Å². The van der Waals surface area contributed by atoms with Crippen molar-refractivity contribution in [2.75, 3.05) is 5.75 Å². The van der Waals surface area contributed by atoms with Crippen molar-refractivity contribution < 1.29 is 14.6 Å². The van der Waals surface area contributed by atoms with Gasteiger partial charge in [-0.3, -0.25) is 4.79 Å². The molecule has 0 spiro atoms. The largest absolute Gasteiger partial charge is 0.507 e. The number of phenolic OH excluding ortho intramolecular Hbond substituents is 1. The quantitative estimate of drug-likeness (QED) is 0.219. The van der Waals surface area contributed by atoms with Crippen LogP contribution in [0.15, 0.2) is 12.1 Å². The summed E-state index contributed by atoms with van der Waals surface area (Å²) < 4.78 is 5.83. The SMILES string of the molecule is CCCCCCCCSC(CC)C(=O)Oc1cc(C(C)(C)C)c(O)c(C(C)(C)C)c1. The van der Waals surface area contributed by atoms with Crippen LogP contribution in [0.3, 0.4) is 0 Å². The van der Waals surface area contributed by atoms with Crippen molar-refractivity contribution in [3.8, 4) is 11.5 Å². The van der Waals surface area contributed by atoms with Crippen LogP contribution in [0.2, 0.25) is 0 Å². The Labute approximate surface area is 189 Å². The molecule has 0 saturated carbocycles. The van der Waals surface area contributed by atoms with Gasteiger partial charge in [0.1, 0.15) is 16.7 Å². The number of ether oxygens (including phenoxy) is 1.